The second kappa shape index (κ2) is 7.10. The molecule has 0 saturated heterocycles. The zero-order valence-electron chi connectivity index (χ0n) is 11.3. The molecule has 102 valence electrons. The van der Waals surface area contributed by atoms with E-state index in [0.717, 1.165) is 25.6 Å². The van der Waals surface area contributed by atoms with Crippen LogP contribution in [0.3, 0.4) is 0 Å². The van der Waals surface area contributed by atoms with Crippen molar-refractivity contribution in [2.45, 2.75) is 19.4 Å². The van der Waals surface area contributed by atoms with Gasteiger partial charge in [0.2, 0.25) is 5.91 Å². The lowest BCUT2D eigenvalue weighted by molar-refractivity contribution is -0.122. The highest BCUT2D eigenvalue weighted by atomic mass is 16.2. The summed E-state index contributed by atoms with van der Waals surface area (Å²) < 4.78 is 0. The number of carbonyl (C=O) groups excluding carboxylic acids is 1. The van der Waals surface area contributed by atoms with E-state index in [4.69, 9.17) is 0 Å². The van der Waals surface area contributed by atoms with Crippen molar-refractivity contribution in [3.05, 3.63) is 48.6 Å². The van der Waals surface area contributed by atoms with Crippen LogP contribution in [0, 0.1) is 5.92 Å². The Labute approximate surface area is 115 Å². The van der Waals surface area contributed by atoms with E-state index in [1.165, 1.54) is 18.4 Å². The molecule has 0 atom stereocenters. The maximum absolute atomic E-state index is 11.9. The number of benzene rings is 1. The van der Waals surface area contributed by atoms with Gasteiger partial charge in [-0.2, -0.15) is 0 Å². The van der Waals surface area contributed by atoms with Crippen LogP contribution in [0.5, 0.6) is 0 Å². The zero-order chi connectivity index (χ0) is 13.5. The summed E-state index contributed by atoms with van der Waals surface area (Å²) in [5.74, 6) is 0.843. The van der Waals surface area contributed by atoms with Gasteiger partial charge in [0, 0.05) is 19.6 Å². The average Bonchev–Trinajstić information content (AvgIpc) is 3.22. The Hall–Kier alpha value is -1.61. The first-order valence-electron chi connectivity index (χ1n) is 6.92. The van der Waals surface area contributed by atoms with Crippen LogP contribution in [0.4, 0.5) is 0 Å². The van der Waals surface area contributed by atoms with Crippen molar-refractivity contribution >= 4 is 5.91 Å². The van der Waals surface area contributed by atoms with Gasteiger partial charge < -0.3 is 5.32 Å². The Kier molecular flexibility index (Phi) is 5.16. The molecule has 0 heterocycles. The molecule has 1 N–H and O–H groups in total. The van der Waals surface area contributed by atoms with Crippen molar-refractivity contribution in [3.63, 3.8) is 0 Å². The molecule has 19 heavy (non-hydrogen) atoms. The summed E-state index contributed by atoms with van der Waals surface area (Å²) in [5.41, 5.74) is 1.22. The highest BCUT2D eigenvalue weighted by Gasteiger charge is 2.21. The van der Waals surface area contributed by atoms with Crippen LogP contribution < -0.4 is 5.32 Å². The molecule has 3 heteroatoms. The topological polar surface area (TPSA) is 32.3 Å². The summed E-state index contributed by atoms with van der Waals surface area (Å²) in [6, 6.07) is 10.2. The molecule has 2 rings (SSSR count). The van der Waals surface area contributed by atoms with E-state index in [1.54, 1.807) is 0 Å². The number of carbonyl (C=O) groups is 1. The SMILES string of the molecule is C=CCN(CC(=O)NCC1CC1)Cc1ccccc1. The smallest absolute Gasteiger partial charge is 0.234 e. The van der Waals surface area contributed by atoms with E-state index in [-0.39, 0.29) is 5.91 Å². The zero-order valence-corrected chi connectivity index (χ0v) is 11.3. The van der Waals surface area contributed by atoms with Crippen LogP contribution >= 0.6 is 0 Å². The van der Waals surface area contributed by atoms with Gasteiger partial charge in [-0.3, -0.25) is 9.69 Å². The van der Waals surface area contributed by atoms with Crippen LogP contribution in [0.15, 0.2) is 43.0 Å². The first-order chi connectivity index (χ1) is 9.28. The first-order valence-corrected chi connectivity index (χ1v) is 6.92. The number of nitrogens with zero attached hydrogens (tertiary/aromatic N) is 1. The van der Waals surface area contributed by atoms with E-state index in [0.29, 0.717) is 6.54 Å². The summed E-state index contributed by atoms with van der Waals surface area (Å²) in [5, 5.41) is 3.00. The van der Waals surface area contributed by atoms with Crippen molar-refractivity contribution in [2.75, 3.05) is 19.6 Å². The van der Waals surface area contributed by atoms with Gasteiger partial charge in [0.15, 0.2) is 0 Å². The van der Waals surface area contributed by atoms with Gasteiger partial charge >= 0.3 is 0 Å². The lowest BCUT2D eigenvalue weighted by Gasteiger charge is -2.20. The minimum atomic E-state index is 0.115. The molecule has 0 aliphatic heterocycles. The van der Waals surface area contributed by atoms with Gasteiger partial charge in [-0.05, 0) is 24.3 Å². The van der Waals surface area contributed by atoms with Gasteiger partial charge in [-0.25, -0.2) is 0 Å². The molecule has 1 aromatic rings. The van der Waals surface area contributed by atoms with Crippen LogP contribution in [0.2, 0.25) is 0 Å². The number of rotatable bonds is 8. The number of nitrogens with one attached hydrogen (secondary N) is 1. The number of hydrogen-bond donors (Lipinski definition) is 1. The van der Waals surface area contributed by atoms with Crippen LogP contribution in [0.1, 0.15) is 18.4 Å². The van der Waals surface area contributed by atoms with E-state index in [2.05, 4.69) is 28.9 Å². The second-order valence-electron chi connectivity index (χ2n) is 5.19. The Morgan fingerprint density at radius 1 is 1.37 bits per heavy atom. The molecule has 0 aromatic heterocycles. The monoisotopic (exact) mass is 258 g/mol. The van der Waals surface area contributed by atoms with E-state index < -0.39 is 0 Å². The number of hydrogen-bond acceptors (Lipinski definition) is 2. The van der Waals surface area contributed by atoms with Crippen molar-refractivity contribution in [1.29, 1.82) is 0 Å². The summed E-state index contributed by atoms with van der Waals surface area (Å²) >= 11 is 0. The Balaban J connectivity index is 1.80. The molecular weight excluding hydrogens is 236 g/mol. The fourth-order valence-electron chi connectivity index (χ4n) is 2.05. The third-order valence-electron chi connectivity index (χ3n) is 3.29. The fourth-order valence-corrected chi connectivity index (χ4v) is 2.05. The van der Waals surface area contributed by atoms with Crippen molar-refractivity contribution < 1.29 is 4.79 Å². The molecule has 1 aromatic carbocycles. The third-order valence-corrected chi connectivity index (χ3v) is 3.29. The molecule has 1 saturated carbocycles. The molecule has 3 nitrogen and oxygen atoms in total. The van der Waals surface area contributed by atoms with E-state index in [1.807, 2.05) is 24.3 Å². The molecule has 0 spiro atoms. The summed E-state index contributed by atoms with van der Waals surface area (Å²) in [6.45, 7) is 6.55. The molecule has 1 fully saturated rings. The fraction of sp³-hybridized carbons (Fsp3) is 0.438. The average molecular weight is 258 g/mol. The molecule has 0 unspecified atom stereocenters. The maximum atomic E-state index is 11.9. The van der Waals surface area contributed by atoms with Gasteiger partial charge in [0.05, 0.1) is 6.54 Å². The van der Waals surface area contributed by atoms with Gasteiger partial charge in [0.1, 0.15) is 0 Å². The van der Waals surface area contributed by atoms with E-state index >= 15 is 0 Å². The largest absolute Gasteiger partial charge is 0.355 e. The number of amides is 1. The van der Waals surface area contributed by atoms with Gasteiger partial charge in [-0.15, -0.1) is 6.58 Å². The quantitative estimate of drug-likeness (QED) is 0.725. The lowest BCUT2D eigenvalue weighted by Crippen LogP contribution is -2.37. The molecule has 0 bridgehead atoms. The van der Waals surface area contributed by atoms with E-state index in [9.17, 15) is 4.79 Å². The molecule has 1 amide bonds. The first kappa shape index (κ1) is 13.8. The summed E-state index contributed by atoms with van der Waals surface area (Å²) in [4.78, 5) is 14.0. The Bertz CT molecular complexity index is 412. The highest BCUT2D eigenvalue weighted by Crippen LogP contribution is 2.27. The second-order valence-corrected chi connectivity index (χ2v) is 5.19. The minimum Gasteiger partial charge on any atom is -0.355 e. The normalized spacial score (nSPS) is 14.4. The van der Waals surface area contributed by atoms with Crippen LogP contribution in [0.25, 0.3) is 0 Å². The minimum absolute atomic E-state index is 0.115. The summed E-state index contributed by atoms with van der Waals surface area (Å²) in [6.07, 6.45) is 4.37. The molecule has 1 aliphatic rings. The Morgan fingerprint density at radius 3 is 2.74 bits per heavy atom. The van der Waals surface area contributed by atoms with Crippen molar-refractivity contribution in [3.8, 4) is 0 Å². The predicted octanol–water partition coefficient (Wildman–Crippen LogP) is 2.20. The third kappa shape index (κ3) is 5.26. The van der Waals surface area contributed by atoms with Gasteiger partial charge in [0.25, 0.3) is 0 Å². The standard InChI is InChI=1S/C16H22N2O/c1-2-10-18(12-15-6-4-3-5-7-15)13-16(19)17-11-14-8-9-14/h2-7,14H,1,8-13H2,(H,17,19). The Morgan fingerprint density at radius 2 is 2.11 bits per heavy atom. The molecule has 1 aliphatic carbocycles. The van der Waals surface area contributed by atoms with Gasteiger partial charge in [-0.1, -0.05) is 36.4 Å². The predicted molar refractivity (Wildman–Crippen MR) is 77.6 cm³/mol. The highest BCUT2D eigenvalue weighted by molar-refractivity contribution is 5.78. The van der Waals surface area contributed by atoms with Crippen molar-refractivity contribution in [1.82, 2.24) is 10.2 Å². The van der Waals surface area contributed by atoms with Crippen LogP contribution in [-0.2, 0) is 11.3 Å². The van der Waals surface area contributed by atoms with Crippen LogP contribution in [-0.4, -0.2) is 30.4 Å². The summed E-state index contributed by atoms with van der Waals surface area (Å²) in [7, 11) is 0. The van der Waals surface area contributed by atoms with Crippen molar-refractivity contribution in [2.24, 2.45) is 5.92 Å². The lowest BCUT2D eigenvalue weighted by atomic mass is 10.2. The molecule has 0 radical (unpaired) electrons. The molecular formula is C16H22N2O. The maximum Gasteiger partial charge on any atom is 0.234 e.